The largest absolute Gasteiger partial charge is 0.312 e. The molecule has 0 saturated heterocycles. The number of aryl methyl sites for hydroxylation is 1. The van der Waals surface area contributed by atoms with Gasteiger partial charge in [0.15, 0.2) is 0 Å². The summed E-state index contributed by atoms with van der Waals surface area (Å²) in [6, 6.07) is 7.41. The molecule has 1 aliphatic rings. The lowest BCUT2D eigenvalue weighted by atomic mass is 10.1. The minimum Gasteiger partial charge on any atom is -0.312 e. The number of anilines is 1. The van der Waals surface area contributed by atoms with E-state index in [-0.39, 0.29) is 5.91 Å². The minimum atomic E-state index is -0.288. The van der Waals surface area contributed by atoms with Crippen LogP contribution in [-0.4, -0.2) is 5.91 Å². The van der Waals surface area contributed by atoms with Crippen molar-refractivity contribution in [3.05, 3.63) is 49.3 Å². The number of fused-ring (bicyclic) bond motifs is 1. The summed E-state index contributed by atoms with van der Waals surface area (Å²) in [7, 11) is 0. The van der Waals surface area contributed by atoms with Crippen molar-refractivity contribution in [3.63, 3.8) is 0 Å². The quantitative estimate of drug-likeness (QED) is 0.660. The number of benzene rings is 1. The Balaban J connectivity index is 1.93. The first-order valence-electron chi connectivity index (χ1n) is 7.41. The van der Waals surface area contributed by atoms with Crippen molar-refractivity contribution in [2.24, 2.45) is 0 Å². The van der Waals surface area contributed by atoms with Gasteiger partial charge in [0.2, 0.25) is 0 Å². The molecule has 0 spiro atoms. The zero-order valence-corrected chi connectivity index (χ0v) is 15.4. The fourth-order valence-electron chi connectivity index (χ4n) is 2.79. The number of rotatable bonds is 2. The molecule has 118 valence electrons. The summed E-state index contributed by atoms with van der Waals surface area (Å²) in [5.74, 6) is -0.288. The van der Waals surface area contributed by atoms with Gasteiger partial charge in [-0.25, -0.2) is 0 Å². The first-order chi connectivity index (χ1) is 11.1. The highest BCUT2D eigenvalue weighted by molar-refractivity contribution is 9.10. The molecule has 23 heavy (non-hydrogen) atoms. The number of nitriles is 1. The highest BCUT2D eigenvalue weighted by Gasteiger charge is 2.22. The number of thiophene rings is 1. The Morgan fingerprint density at radius 1 is 1.30 bits per heavy atom. The van der Waals surface area contributed by atoms with Gasteiger partial charge in [0.25, 0.3) is 5.91 Å². The van der Waals surface area contributed by atoms with Crippen molar-refractivity contribution in [1.82, 2.24) is 0 Å². The Bertz CT molecular complexity index is 810. The first-order valence-corrected chi connectivity index (χ1v) is 9.40. The highest BCUT2D eigenvalue weighted by atomic mass is 79.9. The minimum absolute atomic E-state index is 0.288. The predicted molar refractivity (Wildman–Crippen MR) is 97.4 cm³/mol. The summed E-state index contributed by atoms with van der Waals surface area (Å²) in [6.07, 6.45) is 5.35. The van der Waals surface area contributed by atoms with Crippen molar-refractivity contribution in [1.29, 1.82) is 5.26 Å². The Labute approximate surface area is 152 Å². The van der Waals surface area contributed by atoms with E-state index >= 15 is 0 Å². The van der Waals surface area contributed by atoms with Crippen LogP contribution in [0.25, 0.3) is 0 Å². The van der Waals surface area contributed by atoms with Crippen LogP contribution in [0.5, 0.6) is 0 Å². The molecule has 1 aromatic carbocycles. The molecule has 1 aliphatic carbocycles. The second-order valence-electron chi connectivity index (χ2n) is 5.46. The Hall–Kier alpha value is -1.35. The molecule has 0 saturated carbocycles. The topological polar surface area (TPSA) is 52.9 Å². The van der Waals surface area contributed by atoms with Gasteiger partial charge in [-0.05, 0) is 49.4 Å². The van der Waals surface area contributed by atoms with Gasteiger partial charge in [0, 0.05) is 9.35 Å². The van der Waals surface area contributed by atoms with Crippen molar-refractivity contribution >= 4 is 49.8 Å². The molecule has 1 heterocycles. The molecule has 1 aromatic heterocycles. The number of carbonyl (C=O) groups is 1. The van der Waals surface area contributed by atoms with Crippen LogP contribution in [-0.2, 0) is 12.8 Å². The SMILES string of the molecule is N#Cc1c(NC(=O)c2cc(Br)ccc2Cl)sc2c1CCCCC2. The van der Waals surface area contributed by atoms with Crippen LogP contribution < -0.4 is 5.32 Å². The van der Waals surface area contributed by atoms with Gasteiger partial charge in [0.1, 0.15) is 11.1 Å². The molecular formula is C17H14BrClN2OS. The van der Waals surface area contributed by atoms with E-state index < -0.39 is 0 Å². The third-order valence-corrected chi connectivity index (χ3v) is 5.96. The molecule has 3 nitrogen and oxygen atoms in total. The zero-order valence-electron chi connectivity index (χ0n) is 12.3. The summed E-state index contributed by atoms with van der Waals surface area (Å²) >= 11 is 11.0. The average molecular weight is 410 g/mol. The van der Waals surface area contributed by atoms with E-state index in [4.69, 9.17) is 11.6 Å². The maximum Gasteiger partial charge on any atom is 0.257 e. The average Bonchev–Trinajstić information content (AvgIpc) is 2.69. The third-order valence-electron chi connectivity index (χ3n) is 3.93. The summed E-state index contributed by atoms with van der Waals surface area (Å²) in [6.45, 7) is 0. The highest BCUT2D eigenvalue weighted by Crippen LogP contribution is 2.37. The number of hydrogen-bond donors (Lipinski definition) is 1. The second-order valence-corrected chi connectivity index (χ2v) is 7.89. The van der Waals surface area contributed by atoms with Gasteiger partial charge in [-0.1, -0.05) is 34.0 Å². The summed E-state index contributed by atoms with van der Waals surface area (Å²) < 4.78 is 0.787. The Kier molecular flexibility index (Phi) is 5.05. The van der Waals surface area contributed by atoms with E-state index in [1.165, 1.54) is 22.6 Å². The molecule has 1 amide bonds. The number of nitrogens with zero attached hydrogens (tertiary/aromatic N) is 1. The van der Waals surface area contributed by atoms with E-state index in [1.807, 2.05) is 0 Å². The predicted octanol–water partition coefficient (Wildman–Crippen LogP) is 5.56. The number of nitrogens with one attached hydrogen (secondary N) is 1. The van der Waals surface area contributed by atoms with Crippen LogP contribution in [0.1, 0.15) is 45.6 Å². The smallest absolute Gasteiger partial charge is 0.257 e. The maximum atomic E-state index is 12.5. The zero-order chi connectivity index (χ0) is 16.4. The van der Waals surface area contributed by atoms with Crippen LogP contribution in [0, 0.1) is 11.3 Å². The molecular weight excluding hydrogens is 396 g/mol. The lowest BCUT2D eigenvalue weighted by Crippen LogP contribution is -2.12. The fourth-order valence-corrected chi connectivity index (χ4v) is 4.59. The summed E-state index contributed by atoms with van der Waals surface area (Å²) in [5, 5.41) is 13.4. The lowest BCUT2D eigenvalue weighted by Gasteiger charge is -2.06. The molecule has 0 atom stereocenters. The lowest BCUT2D eigenvalue weighted by molar-refractivity contribution is 0.102. The summed E-state index contributed by atoms with van der Waals surface area (Å²) in [5.41, 5.74) is 2.13. The normalized spacial score (nSPS) is 13.8. The number of amides is 1. The number of halogens is 2. The molecule has 6 heteroatoms. The molecule has 0 radical (unpaired) electrons. The van der Waals surface area contributed by atoms with Gasteiger partial charge < -0.3 is 5.32 Å². The molecule has 1 N–H and O–H groups in total. The van der Waals surface area contributed by atoms with Gasteiger partial charge in [-0.15, -0.1) is 11.3 Å². The van der Waals surface area contributed by atoms with Crippen molar-refractivity contribution in [2.75, 3.05) is 5.32 Å². The van der Waals surface area contributed by atoms with Crippen LogP contribution in [0.15, 0.2) is 22.7 Å². The third kappa shape index (κ3) is 3.45. The van der Waals surface area contributed by atoms with E-state index in [2.05, 4.69) is 27.3 Å². The van der Waals surface area contributed by atoms with E-state index in [1.54, 1.807) is 18.2 Å². The fraction of sp³-hybridized carbons (Fsp3) is 0.294. The van der Waals surface area contributed by atoms with E-state index in [9.17, 15) is 10.1 Å². The van der Waals surface area contributed by atoms with E-state index in [0.29, 0.717) is 21.2 Å². The van der Waals surface area contributed by atoms with Crippen molar-refractivity contribution in [3.8, 4) is 6.07 Å². The van der Waals surface area contributed by atoms with Gasteiger partial charge >= 0.3 is 0 Å². The van der Waals surface area contributed by atoms with Crippen LogP contribution in [0.4, 0.5) is 5.00 Å². The molecule has 2 aromatic rings. The van der Waals surface area contributed by atoms with Gasteiger partial charge in [-0.3, -0.25) is 4.79 Å². The van der Waals surface area contributed by atoms with Crippen LogP contribution in [0.2, 0.25) is 5.02 Å². The first kappa shape index (κ1) is 16.5. The molecule has 0 fully saturated rings. The molecule has 3 rings (SSSR count). The Morgan fingerprint density at radius 3 is 2.87 bits per heavy atom. The standard InChI is InChI=1S/C17H14BrClN2OS/c18-10-6-7-14(19)12(8-10)16(22)21-17-13(9-20)11-4-2-1-3-5-15(11)23-17/h6-8H,1-5H2,(H,21,22). The van der Waals surface area contributed by atoms with Gasteiger partial charge in [-0.2, -0.15) is 5.26 Å². The van der Waals surface area contributed by atoms with E-state index in [0.717, 1.165) is 35.7 Å². The second kappa shape index (κ2) is 7.04. The number of carbonyl (C=O) groups excluding carboxylic acids is 1. The van der Waals surface area contributed by atoms with Crippen LogP contribution >= 0.6 is 38.9 Å². The maximum absolute atomic E-state index is 12.5. The van der Waals surface area contributed by atoms with Gasteiger partial charge in [0.05, 0.1) is 16.1 Å². The van der Waals surface area contributed by atoms with Crippen LogP contribution in [0.3, 0.4) is 0 Å². The molecule has 0 aliphatic heterocycles. The molecule has 0 unspecified atom stereocenters. The molecule has 0 bridgehead atoms. The number of hydrogen-bond acceptors (Lipinski definition) is 3. The van der Waals surface area contributed by atoms with Crippen molar-refractivity contribution in [2.45, 2.75) is 32.1 Å². The Morgan fingerprint density at radius 2 is 2.09 bits per heavy atom. The van der Waals surface area contributed by atoms with Crippen molar-refractivity contribution < 1.29 is 4.79 Å². The summed E-state index contributed by atoms with van der Waals surface area (Å²) in [4.78, 5) is 13.7. The monoisotopic (exact) mass is 408 g/mol.